The van der Waals surface area contributed by atoms with E-state index in [0.29, 0.717) is 0 Å². The van der Waals surface area contributed by atoms with Crippen LogP contribution in [0.25, 0.3) is 0 Å². The molecule has 0 saturated carbocycles. The summed E-state index contributed by atoms with van der Waals surface area (Å²) >= 11 is 0. The maximum absolute atomic E-state index is 8.36. The van der Waals surface area contributed by atoms with Crippen LogP contribution in [0.15, 0.2) is 0 Å². The fourth-order valence-electron chi connectivity index (χ4n) is 0. The van der Waals surface area contributed by atoms with Crippen LogP contribution in [-0.2, 0) is 4.79 Å². The average molecular weight is 74.1 g/mol. The van der Waals surface area contributed by atoms with Crippen molar-refractivity contribution >= 4 is 17.4 Å². The van der Waals surface area contributed by atoms with E-state index < -0.39 is 0 Å². The topological polar surface area (TPSA) is 37.3 Å². The molecule has 4 heavy (non-hydrogen) atoms. The molecule has 0 aliphatic carbocycles. The fourth-order valence-corrected chi connectivity index (χ4v) is 0. The second-order valence-electron chi connectivity index (χ2n) is 0.105. The Kier molecular flexibility index (Phi) is 37.9. The van der Waals surface area contributed by atoms with Crippen LogP contribution in [0.1, 0.15) is 0 Å². The van der Waals surface area contributed by atoms with Crippen molar-refractivity contribution in [2.24, 2.45) is 0 Å². The predicted molar refractivity (Wildman–Crippen MR) is 14.4 cm³/mol. The second-order valence-corrected chi connectivity index (χ2v) is 0.105. The molecule has 3 heteroatoms. The Morgan fingerprint density at radius 2 is 1.75 bits per heavy atom. The van der Waals surface area contributed by atoms with E-state index >= 15 is 0 Å². The third-order valence-corrected chi connectivity index (χ3v) is 0. The lowest BCUT2D eigenvalue weighted by Crippen LogP contribution is -1.49. The van der Waals surface area contributed by atoms with Gasteiger partial charge in [-0.15, -0.1) is 0 Å². The van der Waals surface area contributed by atoms with Crippen LogP contribution in [0, 0.1) is 0 Å². The number of hydrogen-bond acceptors (Lipinski definition) is 1. The first-order chi connectivity index (χ1) is 1.41. The normalized spacial score (nSPS) is 3.00. The molecule has 0 fully saturated rings. The van der Waals surface area contributed by atoms with E-state index in [-0.39, 0.29) is 17.4 Å². The van der Waals surface area contributed by atoms with Gasteiger partial charge in [-0.2, -0.15) is 0 Å². The van der Waals surface area contributed by atoms with E-state index in [1.165, 1.54) is 0 Å². The molecule has 0 aromatic carbocycles. The van der Waals surface area contributed by atoms with Crippen molar-refractivity contribution in [1.29, 1.82) is 0 Å². The Balaban J connectivity index is 0. The molecule has 0 aliphatic heterocycles. The van der Waals surface area contributed by atoms with Crippen molar-refractivity contribution in [3.8, 4) is 0 Å². The van der Waals surface area contributed by atoms with Gasteiger partial charge in [0.15, 0.2) is 0 Å². The van der Waals surface area contributed by atoms with Crippen LogP contribution in [0.5, 0.6) is 0 Å². The Labute approximate surface area is 28.5 Å². The summed E-state index contributed by atoms with van der Waals surface area (Å²) in [6.07, 6.45) is 0. The van der Waals surface area contributed by atoms with Gasteiger partial charge in [0, 0.05) is 11.0 Å². The Bertz CT molecular complexity index is 13.5. The Hall–Kier alpha value is -0.313. The molecule has 0 unspecified atom stereocenters. The molecule has 0 spiro atoms. The molecule has 0 saturated heterocycles. The quantitative estimate of drug-likeness (QED) is 0.305. The second kappa shape index (κ2) is 16.2. The van der Waals surface area contributed by atoms with Crippen LogP contribution >= 0.6 is 0 Å². The van der Waals surface area contributed by atoms with Gasteiger partial charge in [-0.3, -0.25) is 4.79 Å². The van der Waals surface area contributed by atoms with Crippen molar-refractivity contribution in [2.45, 2.75) is 0 Å². The van der Waals surface area contributed by atoms with Gasteiger partial charge < -0.3 is 5.11 Å². The van der Waals surface area contributed by atoms with Crippen LogP contribution in [0.2, 0.25) is 0 Å². The number of rotatable bonds is 0. The van der Waals surface area contributed by atoms with E-state index in [0.717, 1.165) is 0 Å². The summed E-state index contributed by atoms with van der Waals surface area (Å²) in [6, 6.07) is 0. The molecule has 1 N–H and O–H groups in total. The fraction of sp³-hybridized carbons (Fsp3) is 0. The molecule has 0 rings (SSSR count). The monoisotopic (exact) mass is 74.0 g/mol. The minimum absolute atomic E-state index is 0. The summed E-state index contributed by atoms with van der Waals surface area (Å²) in [4.78, 5) is 8.36. The third kappa shape index (κ3) is 8.12. The van der Waals surface area contributed by atoms with Gasteiger partial charge in [0.2, 0.25) is 0 Å². The lowest BCUT2D eigenvalue weighted by atomic mass is 11.7. The summed E-state index contributed by atoms with van der Waals surface area (Å²) in [5.74, 6) is 0. The molecular formula is CH2O2Si. The molecule has 4 radical (unpaired) electrons. The highest BCUT2D eigenvalue weighted by Gasteiger charge is 1.22. The molecule has 0 bridgehead atoms. The molecule has 22 valence electrons. The van der Waals surface area contributed by atoms with Crippen LogP contribution < -0.4 is 0 Å². The Morgan fingerprint density at radius 3 is 1.75 bits per heavy atom. The average Bonchev–Trinajstić information content (AvgIpc) is 0.918. The van der Waals surface area contributed by atoms with Crippen LogP contribution in [0.4, 0.5) is 0 Å². The van der Waals surface area contributed by atoms with Gasteiger partial charge >= 0.3 is 0 Å². The molecule has 2 nitrogen and oxygen atoms in total. The van der Waals surface area contributed by atoms with E-state index in [2.05, 4.69) is 0 Å². The summed E-state index contributed by atoms with van der Waals surface area (Å²) in [7, 11) is 0. The number of hydrogen-bond donors (Lipinski definition) is 1. The summed E-state index contributed by atoms with van der Waals surface area (Å²) in [5.41, 5.74) is 0. The van der Waals surface area contributed by atoms with E-state index in [4.69, 9.17) is 9.90 Å². The largest absolute Gasteiger partial charge is 0.483 e. The highest BCUT2D eigenvalue weighted by Crippen LogP contribution is 0.966. The summed E-state index contributed by atoms with van der Waals surface area (Å²) < 4.78 is 0. The molecule has 0 aromatic rings. The first kappa shape index (κ1) is 9.35. The third-order valence-electron chi connectivity index (χ3n) is 0. The van der Waals surface area contributed by atoms with Gasteiger partial charge in [0.05, 0.1) is 0 Å². The lowest BCUT2D eigenvalue weighted by molar-refractivity contribution is -0.122. The highest BCUT2D eigenvalue weighted by atomic mass is 28.1. The van der Waals surface area contributed by atoms with Gasteiger partial charge in [0.1, 0.15) is 0 Å². The van der Waals surface area contributed by atoms with Crippen molar-refractivity contribution in [1.82, 2.24) is 0 Å². The summed E-state index contributed by atoms with van der Waals surface area (Å²) in [6.45, 7) is -0.250. The maximum Gasteiger partial charge on any atom is 0.290 e. The highest BCUT2D eigenvalue weighted by molar-refractivity contribution is 5.75. The lowest BCUT2D eigenvalue weighted by Gasteiger charge is -1.34. The van der Waals surface area contributed by atoms with Crippen LogP contribution in [-0.4, -0.2) is 22.5 Å². The van der Waals surface area contributed by atoms with Gasteiger partial charge in [-0.05, 0) is 0 Å². The van der Waals surface area contributed by atoms with Gasteiger partial charge in [-0.25, -0.2) is 0 Å². The molecule has 0 aromatic heterocycles. The zero-order chi connectivity index (χ0) is 2.71. The van der Waals surface area contributed by atoms with Crippen molar-refractivity contribution in [2.75, 3.05) is 0 Å². The smallest absolute Gasteiger partial charge is 0.290 e. The Morgan fingerprint density at radius 1 is 1.75 bits per heavy atom. The standard InChI is InChI=1S/CH2O2.Si/c2-1-3;/h1H,(H,2,3);. The molecule has 0 aliphatic rings. The minimum atomic E-state index is -0.250. The zero-order valence-corrected chi connectivity index (χ0v) is 2.93. The van der Waals surface area contributed by atoms with Gasteiger partial charge in [-0.1, -0.05) is 0 Å². The first-order valence-electron chi connectivity index (χ1n) is 0.494. The number of carbonyl (C=O) groups is 1. The SMILES string of the molecule is O=CO.[Si]. The van der Waals surface area contributed by atoms with Crippen molar-refractivity contribution in [3.05, 3.63) is 0 Å². The molecule has 0 heterocycles. The first-order valence-corrected chi connectivity index (χ1v) is 0.494. The molecule has 0 atom stereocenters. The van der Waals surface area contributed by atoms with Crippen molar-refractivity contribution < 1.29 is 9.90 Å². The molecular weight excluding hydrogens is 72.1 g/mol. The van der Waals surface area contributed by atoms with Crippen molar-refractivity contribution in [3.63, 3.8) is 0 Å². The minimum Gasteiger partial charge on any atom is -0.483 e. The van der Waals surface area contributed by atoms with Crippen LogP contribution in [0.3, 0.4) is 0 Å². The summed E-state index contributed by atoms with van der Waals surface area (Å²) in [5, 5.41) is 6.89. The predicted octanol–water partition coefficient (Wildman–Crippen LogP) is -0.680. The maximum atomic E-state index is 8.36. The number of carboxylic acid groups (broad SMARTS) is 1. The zero-order valence-electron chi connectivity index (χ0n) is 1.93. The van der Waals surface area contributed by atoms with Gasteiger partial charge in [0.25, 0.3) is 6.47 Å². The van der Waals surface area contributed by atoms with E-state index in [1.807, 2.05) is 0 Å². The van der Waals surface area contributed by atoms with E-state index in [1.54, 1.807) is 0 Å². The van der Waals surface area contributed by atoms with E-state index in [9.17, 15) is 0 Å². The molecule has 0 amide bonds.